The number of amides is 1. The highest BCUT2D eigenvalue weighted by Crippen LogP contribution is 2.51. The molecular weight excluding hydrogens is 443 g/mol. The van der Waals surface area contributed by atoms with Crippen molar-refractivity contribution in [2.24, 2.45) is 11.8 Å². The zero-order valence-electron chi connectivity index (χ0n) is 17.2. The van der Waals surface area contributed by atoms with Crippen LogP contribution in [0.5, 0.6) is 5.75 Å². The molecule has 0 unspecified atom stereocenters. The Bertz CT molecular complexity index is 977. The fourth-order valence-electron chi connectivity index (χ4n) is 4.11. The molecule has 12 heteroatoms. The van der Waals surface area contributed by atoms with Gasteiger partial charge in [-0.1, -0.05) is 32.9 Å². The van der Waals surface area contributed by atoms with E-state index in [1.807, 2.05) is 0 Å². The Morgan fingerprint density at radius 3 is 2.23 bits per heavy atom. The molecule has 0 N–H and O–H groups in total. The van der Waals surface area contributed by atoms with Crippen LogP contribution in [0.2, 0.25) is 0 Å². The summed E-state index contributed by atoms with van der Waals surface area (Å²) in [5.74, 6) is -2.92. The molecule has 0 radical (unpaired) electrons. The lowest BCUT2D eigenvalue weighted by Gasteiger charge is -2.52. The third-order valence-electron chi connectivity index (χ3n) is 5.60. The Labute approximate surface area is 177 Å². The van der Waals surface area contributed by atoms with Gasteiger partial charge in [-0.2, -0.15) is 21.6 Å². The molecule has 1 spiro atoms. The molecule has 4 atom stereocenters. The van der Waals surface area contributed by atoms with Gasteiger partial charge in [-0.05, 0) is 23.6 Å². The summed E-state index contributed by atoms with van der Waals surface area (Å²) in [6.45, 7) is 4.37. The molecule has 1 aromatic carbocycles. The highest BCUT2D eigenvalue weighted by molar-refractivity contribution is 7.87. The summed E-state index contributed by atoms with van der Waals surface area (Å²) in [5.41, 5.74) is -7.15. The van der Waals surface area contributed by atoms with Crippen molar-refractivity contribution in [2.75, 3.05) is 7.11 Å². The van der Waals surface area contributed by atoms with Crippen LogP contribution in [0.3, 0.4) is 0 Å². The second-order valence-corrected chi connectivity index (χ2v) is 9.44. The summed E-state index contributed by atoms with van der Waals surface area (Å²) in [6, 6.07) is 6.49. The van der Waals surface area contributed by atoms with Gasteiger partial charge in [-0.3, -0.25) is 8.98 Å². The first-order valence-electron chi connectivity index (χ1n) is 9.42. The lowest BCUT2D eigenvalue weighted by atomic mass is 9.75. The van der Waals surface area contributed by atoms with Crippen LogP contribution in [-0.4, -0.2) is 55.6 Å². The summed E-state index contributed by atoms with van der Waals surface area (Å²) >= 11 is 0. The molecule has 2 fully saturated rings. The van der Waals surface area contributed by atoms with E-state index in [0.29, 0.717) is 11.3 Å². The molecule has 31 heavy (non-hydrogen) atoms. The predicted molar refractivity (Wildman–Crippen MR) is 100 cm³/mol. The average Bonchev–Trinajstić information content (AvgIpc) is 2.88. The predicted octanol–water partition coefficient (Wildman–Crippen LogP) is 2.23. The molecule has 2 heterocycles. The number of halogens is 3. The first-order chi connectivity index (χ1) is 14.3. The number of alkyl halides is 3. The third kappa shape index (κ3) is 3.55. The number of rotatable bonds is 6. The quantitative estimate of drug-likeness (QED) is 0.361. The molecule has 3 rings (SSSR count). The van der Waals surface area contributed by atoms with E-state index >= 15 is 0 Å². The van der Waals surface area contributed by atoms with Gasteiger partial charge in [0.05, 0.1) is 13.0 Å². The van der Waals surface area contributed by atoms with Gasteiger partial charge >= 0.3 is 21.6 Å². The summed E-state index contributed by atoms with van der Waals surface area (Å²) in [5, 5.41) is 0. The maximum atomic E-state index is 13.0. The molecule has 8 nitrogen and oxygen atoms in total. The van der Waals surface area contributed by atoms with Crippen LogP contribution in [0.25, 0.3) is 0 Å². The van der Waals surface area contributed by atoms with Crippen molar-refractivity contribution in [1.29, 1.82) is 0 Å². The van der Waals surface area contributed by atoms with Crippen molar-refractivity contribution in [3.05, 3.63) is 29.8 Å². The van der Waals surface area contributed by atoms with E-state index < -0.39 is 57.1 Å². The summed E-state index contributed by atoms with van der Waals surface area (Å²) in [7, 11) is -4.60. The smallest absolute Gasteiger partial charge is 0.497 e. The second kappa shape index (κ2) is 7.66. The number of carbonyl (C=O) groups is 2. The van der Waals surface area contributed by atoms with Gasteiger partial charge in [0.25, 0.3) is 0 Å². The molecule has 0 bridgehead atoms. The van der Waals surface area contributed by atoms with E-state index in [1.165, 1.54) is 14.0 Å². The van der Waals surface area contributed by atoms with E-state index in [2.05, 4.69) is 4.18 Å². The highest BCUT2D eigenvalue weighted by Gasteiger charge is 2.75. The zero-order chi connectivity index (χ0) is 23.4. The maximum Gasteiger partial charge on any atom is 0.523 e. The Morgan fingerprint density at radius 1 is 1.19 bits per heavy atom. The lowest BCUT2D eigenvalue weighted by molar-refractivity contribution is -0.228. The summed E-state index contributed by atoms with van der Waals surface area (Å²) < 4.78 is 77.3. The standard InChI is InChI=1S/C19H22F3NO7S/c1-10(2)14-18(17(25)29-14)15(30-31(26,27)19(20,21)22)11(3)16(24)23(18)9-12-5-7-13(28-4)8-6-12/h5-8,10-11,14-15H,9H2,1-4H3/t11-,14+,15-,18-/m1/s1. The number of esters is 1. The van der Waals surface area contributed by atoms with Gasteiger partial charge in [0.15, 0.2) is 0 Å². The number of methoxy groups -OCH3 is 1. The molecule has 2 aliphatic rings. The number of hydrogen-bond donors (Lipinski definition) is 0. The highest BCUT2D eigenvalue weighted by atomic mass is 32.2. The molecule has 2 aliphatic heterocycles. The lowest BCUT2D eigenvalue weighted by Crippen LogP contribution is -2.76. The fraction of sp³-hybridized carbons (Fsp3) is 0.579. The van der Waals surface area contributed by atoms with Crippen LogP contribution in [0, 0.1) is 11.8 Å². The Balaban J connectivity index is 2.07. The minimum absolute atomic E-state index is 0.155. The number of benzene rings is 1. The molecule has 0 aromatic heterocycles. The van der Waals surface area contributed by atoms with Crippen molar-refractivity contribution < 1.29 is 44.8 Å². The molecule has 1 amide bonds. The van der Waals surface area contributed by atoms with E-state index in [-0.39, 0.29) is 6.54 Å². The van der Waals surface area contributed by atoms with Crippen LogP contribution in [-0.2, 0) is 35.2 Å². The third-order valence-corrected chi connectivity index (χ3v) is 6.63. The zero-order valence-corrected chi connectivity index (χ0v) is 18.0. The van der Waals surface area contributed by atoms with E-state index in [0.717, 1.165) is 4.90 Å². The van der Waals surface area contributed by atoms with Crippen LogP contribution in [0.15, 0.2) is 24.3 Å². The Morgan fingerprint density at radius 2 is 1.77 bits per heavy atom. The van der Waals surface area contributed by atoms with Gasteiger partial charge in [0, 0.05) is 6.54 Å². The van der Waals surface area contributed by atoms with E-state index in [1.54, 1.807) is 38.1 Å². The molecular formula is C19H22F3NO7S. The Kier molecular flexibility index (Phi) is 5.76. The van der Waals surface area contributed by atoms with Crippen molar-refractivity contribution in [3.63, 3.8) is 0 Å². The van der Waals surface area contributed by atoms with Gasteiger partial charge in [-0.15, -0.1) is 0 Å². The van der Waals surface area contributed by atoms with E-state index in [4.69, 9.17) is 9.47 Å². The van der Waals surface area contributed by atoms with E-state index in [9.17, 15) is 31.2 Å². The van der Waals surface area contributed by atoms with Gasteiger partial charge in [-0.25, -0.2) is 4.79 Å². The normalized spacial score (nSPS) is 28.8. The maximum absolute atomic E-state index is 13.0. The first kappa shape index (κ1) is 23.3. The summed E-state index contributed by atoms with van der Waals surface area (Å²) in [4.78, 5) is 26.8. The number of carbonyl (C=O) groups excluding carboxylic acids is 2. The molecule has 172 valence electrons. The van der Waals surface area contributed by atoms with Crippen molar-refractivity contribution in [2.45, 2.75) is 50.6 Å². The topological polar surface area (TPSA) is 99.2 Å². The minimum Gasteiger partial charge on any atom is -0.497 e. The van der Waals surface area contributed by atoms with Crippen molar-refractivity contribution >= 4 is 22.0 Å². The van der Waals surface area contributed by atoms with Crippen molar-refractivity contribution in [1.82, 2.24) is 4.90 Å². The SMILES string of the molecule is COc1ccc(CN2C(=O)[C@H](C)[C@@H](OS(=O)(=O)C(F)(F)F)[C@]23C(=O)O[C@H]3C(C)C)cc1. The van der Waals surface area contributed by atoms with Crippen LogP contribution in [0.4, 0.5) is 13.2 Å². The first-order valence-corrected chi connectivity index (χ1v) is 10.8. The number of likely N-dealkylation sites (tertiary alicyclic amines) is 1. The number of nitrogens with zero attached hydrogens (tertiary/aromatic N) is 1. The fourth-order valence-corrected chi connectivity index (χ4v) is 4.80. The summed E-state index contributed by atoms with van der Waals surface area (Å²) in [6.07, 6.45) is -2.93. The van der Waals surface area contributed by atoms with Gasteiger partial charge in [0.1, 0.15) is 18.0 Å². The number of ether oxygens (including phenoxy) is 2. The largest absolute Gasteiger partial charge is 0.523 e. The monoisotopic (exact) mass is 465 g/mol. The number of hydrogen-bond acceptors (Lipinski definition) is 7. The Hall–Kier alpha value is -2.34. The minimum atomic E-state index is -6.07. The average molecular weight is 465 g/mol. The second-order valence-electron chi connectivity index (χ2n) is 7.87. The van der Waals surface area contributed by atoms with Crippen molar-refractivity contribution in [3.8, 4) is 5.75 Å². The molecule has 2 saturated heterocycles. The number of cyclic esters (lactones) is 1. The molecule has 0 saturated carbocycles. The van der Waals surface area contributed by atoms with Gasteiger partial charge < -0.3 is 14.4 Å². The molecule has 0 aliphatic carbocycles. The van der Waals surface area contributed by atoms with Gasteiger partial charge in [0.2, 0.25) is 11.4 Å². The van der Waals surface area contributed by atoms with Crippen LogP contribution in [0.1, 0.15) is 26.3 Å². The van der Waals surface area contributed by atoms with Crippen LogP contribution >= 0.6 is 0 Å². The van der Waals surface area contributed by atoms with Crippen LogP contribution < -0.4 is 4.74 Å². The molecule has 1 aromatic rings.